The van der Waals surface area contributed by atoms with E-state index in [9.17, 15) is 4.79 Å². The van der Waals surface area contributed by atoms with Gasteiger partial charge in [-0.05, 0) is 24.0 Å². The summed E-state index contributed by atoms with van der Waals surface area (Å²) in [4.78, 5) is 11.9. The molecule has 0 aliphatic carbocycles. The van der Waals surface area contributed by atoms with Crippen LogP contribution in [0.15, 0.2) is 34.9 Å². The highest BCUT2D eigenvalue weighted by atomic mass is 32.2. The number of hydrogen-bond donors (Lipinski definition) is 1. The lowest BCUT2D eigenvalue weighted by Crippen LogP contribution is -2.33. The molecule has 1 fully saturated rings. The number of benzene rings is 1. The normalized spacial score (nSPS) is 20.1. The molecule has 1 saturated heterocycles. The highest BCUT2D eigenvalue weighted by Crippen LogP contribution is 2.25. The standard InChI is InChI=1S/C12H13NO2S/c1-16-10-4-2-9(3-5-10)12-11(8-14)15-7-6-13-12/h2-5,12-13H,6-7H2,1H3. The fraction of sp³-hybridized carbons (Fsp3) is 0.333. The highest BCUT2D eigenvalue weighted by Gasteiger charge is 2.22. The molecule has 0 bridgehead atoms. The van der Waals surface area contributed by atoms with Crippen molar-refractivity contribution in [2.24, 2.45) is 0 Å². The molecule has 16 heavy (non-hydrogen) atoms. The van der Waals surface area contributed by atoms with E-state index < -0.39 is 0 Å². The third-order valence-corrected chi connectivity index (χ3v) is 3.26. The Hall–Kier alpha value is -1.22. The molecule has 0 spiro atoms. The van der Waals surface area contributed by atoms with Gasteiger partial charge in [0.2, 0.25) is 5.76 Å². The van der Waals surface area contributed by atoms with Crippen molar-refractivity contribution in [3.8, 4) is 0 Å². The van der Waals surface area contributed by atoms with Gasteiger partial charge in [-0.2, -0.15) is 0 Å². The fourth-order valence-electron chi connectivity index (χ4n) is 1.69. The second kappa shape index (κ2) is 5.21. The maximum absolute atomic E-state index is 10.7. The molecule has 0 amide bonds. The molecule has 0 aromatic heterocycles. The van der Waals surface area contributed by atoms with Crippen molar-refractivity contribution in [2.45, 2.75) is 10.9 Å². The Morgan fingerprint density at radius 1 is 1.44 bits per heavy atom. The van der Waals surface area contributed by atoms with Crippen molar-refractivity contribution >= 4 is 17.7 Å². The summed E-state index contributed by atoms with van der Waals surface area (Å²) in [5.74, 6) is 2.21. The van der Waals surface area contributed by atoms with Gasteiger partial charge in [-0.1, -0.05) is 12.1 Å². The third kappa shape index (κ3) is 2.30. The number of rotatable bonds is 2. The average molecular weight is 235 g/mol. The monoisotopic (exact) mass is 235 g/mol. The number of nitrogens with one attached hydrogen (secondary N) is 1. The maximum Gasteiger partial charge on any atom is 0.201 e. The lowest BCUT2D eigenvalue weighted by Gasteiger charge is -2.25. The molecular formula is C12H13NO2S. The Labute approximate surface area is 98.9 Å². The third-order valence-electron chi connectivity index (χ3n) is 2.52. The van der Waals surface area contributed by atoms with Crippen LogP contribution >= 0.6 is 11.8 Å². The molecule has 1 unspecified atom stereocenters. The van der Waals surface area contributed by atoms with E-state index in [0.717, 1.165) is 12.1 Å². The molecule has 84 valence electrons. The summed E-state index contributed by atoms with van der Waals surface area (Å²) in [6.45, 7) is 1.28. The summed E-state index contributed by atoms with van der Waals surface area (Å²) in [5.41, 5.74) is 1.04. The number of thioether (sulfide) groups is 1. The van der Waals surface area contributed by atoms with Gasteiger partial charge in [0.25, 0.3) is 0 Å². The number of hydrogen-bond acceptors (Lipinski definition) is 4. The minimum Gasteiger partial charge on any atom is -0.484 e. The van der Waals surface area contributed by atoms with Crippen LogP contribution in [0.1, 0.15) is 11.6 Å². The number of morpholine rings is 1. The van der Waals surface area contributed by atoms with Crippen LogP contribution in [0.5, 0.6) is 0 Å². The summed E-state index contributed by atoms with van der Waals surface area (Å²) >= 11 is 1.69. The van der Waals surface area contributed by atoms with Crippen LogP contribution in [0.2, 0.25) is 0 Å². The molecule has 1 aliphatic heterocycles. The first-order valence-electron chi connectivity index (χ1n) is 5.10. The van der Waals surface area contributed by atoms with Crippen LogP contribution in [-0.4, -0.2) is 25.3 Å². The van der Waals surface area contributed by atoms with Crippen molar-refractivity contribution in [1.29, 1.82) is 0 Å². The summed E-state index contributed by atoms with van der Waals surface area (Å²) in [5, 5.41) is 3.24. The zero-order valence-electron chi connectivity index (χ0n) is 9.03. The number of ether oxygens (including phenoxy) is 1. The van der Waals surface area contributed by atoms with E-state index in [1.165, 1.54) is 4.90 Å². The quantitative estimate of drug-likeness (QED) is 0.626. The summed E-state index contributed by atoms with van der Waals surface area (Å²) in [6.07, 6.45) is 2.04. The minimum atomic E-state index is -0.151. The molecule has 4 heteroatoms. The first-order valence-corrected chi connectivity index (χ1v) is 6.32. The molecule has 1 atom stereocenters. The Kier molecular flexibility index (Phi) is 3.67. The molecule has 1 N–H and O–H groups in total. The van der Waals surface area contributed by atoms with E-state index in [-0.39, 0.29) is 6.04 Å². The van der Waals surface area contributed by atoms with Crippen LogP contribution in [0, 0.1) is 0 Å². The second-order valence-corrected chi connectivity index (χ2v) is 4.35. The second-order valence-electron chi connectivity index (χ2n) is 3.48. The molecular weight excluding hydrogens is 222 g/mol. The van der Waals surface area contributed by atoms with Crippen molar-refractivity contribution in [3.63, 3.8) is 0 Å². The smallest absolute Gasteiger partial charge is 0.201 e. The van der Waals surface area contributed by atoms with E-state index in [4.69, 9.17) is 4.74 Å². The average Bonchev–Trinajstić information content (AvgIpc) is 2.39. The fourth-order valence-corrected chi connectivity index (χ4v) is 2.10. The van der Waals surface area contributed by atoms with Crippen LogP contribution in [0.25, 0.3) is 0 Å². The lowest BCUT2D eigenvalue weighted by atomic mass is 10.0. The van der Waals surface area contributed by atoms with Crippen LogP contribution < -0.4 is 5.32 Å². The predicted octanol–water partition coefficient (Wildman–Crippen LogP) is 1.78. The molecule has 2 rings (SSSR count). The highest BCUT2D eigenvalue weighted by molar-refractivity contribution is 7.98. The van der Waals surface area contributed by atoms with E-state index in [1.54, 1.807) is 11.8 Å². The Morgan fingerprint density at radius 3 is 2.81 bits per heavy atom. The lowest BCUT2D eigenvalue weighted by molar-refractivity contribution is 0.152. The molecule has 0 saturated carbocycles. The van der Waals surface area contributed by atoms with Gasteiger partial charge in [-0.3, -0.25) is 5.32 Å². The molecule has 0 radical (unpaired) electrons. The van der Waals surface area contributed by atoms with Crippen molar-refractivity contribution in [2.75, 3.05) is 19.4 Å². The van der Waals surface area contributed by atoms with E-state index in [1.807, 2.05) is 36.5 Å². The van der Waals surface area contributed by atoms with E-state index in [0.29, 0.717) is 12.4 Å². The van der Waals surface area contributed by atoms with Crippen LogP contribution in [0.3, 0.4) is 0 Å². The molecule has 1 aromatic carbocycles. The Bertz CT molecular complexity index is 410. The van der Waals surface area contributed by atoms with Crippen molar-refractivity contribution < 1.29 is 9.53 Å². The number of carbonyl (C=O) groups excluding carboxylic acids is 1. The van der Waals surface area contributed by atoms with Gasteiger partial charge in [0.05, 0.1) is 0 Å². The van der Waals surface area contributed by atoms with Crippen LogP contribution in [0.4, 0.5) is 0 Å². The SMILES string of the molecule is CSc1ccc(C2NCCOC2=C=O)cc1. The molecule has 3 nitrogen and oxygen atoms in total. The molecule has 1 heterocycles. The van der Waals surface area contributed by atoms with E-state index >= 15 is 0 Å². The van der Waals surface area contributed by atoms with Crippen LogP contribution in [-0.2, 0) is 9.53 Å². The summed E-state index contributed by atoms with van der Waals surface area (Å²) < 4.78 is 5.28. The Balaban J connectivity index is 2.24. The first-order chi connectivity index (χ1) is 7.85. The van der Waals surface area contributed by atoms with Gasteiger partial charge < -0.3 is 4.74 Å². The van der Waals surface area contributed by atoms with E-state index in [2.05, 4.69) is 5.32 Å². The van der Waals surface area contributed by atoms with Gasteiger partial charge in [0, 0.05) is 11.4 Å². The molecule has 1 aliphatic rings. The van der Waals surface area contributed by atoms with Gasteiger partial charge in [-0.15, -0.1) is 11.8 Å². The van der Waals surface area contributed by atoms with Gasteiger partial charge in [-0.25, -0.2) is 4.79 Å². The zero-order chi connectivity index (χ0) is 11.4. The summed E-state index contributed by atoms with van der Waals surface area (Å²) in [7, 11) is 0. The van der Waals surface area contributed by atoms with Crippen molar-refractivity contribution in [3.05, 3.63) is 35.6 Å². The maximum atomic E-state index is 10.7. The topological polar surface area (TPSA) is 38.3 Å². The zero-order valence-corrected chi connectivity index (χ0v) is 9.84. The molecule has 1 aromatic rings. The van der Waals surface area contributed by atoms with Gasteiger partial charge in [0.1, 0.15) is 12.6 Å². The van der Waals surface area contributed by atoms with Crippen molar-refractivity contribution in [1.82, 2.24) is 5.32 Å². The predicted molar refractivity (Wildman–Crippen MR) is 64.1 cm³/mol. The summed E-state index contributed by atoms with van der Waals surface area (Å²) in [6, 6.07) is 7.95. The van der Waals surface area contributed by atoms with Gasteiger partial charge >= 0.3 is 0 Å². The largest absolute Gasteiger partial charge is 0.484 e. The minimum absolute atomic E-state index is 0.151. The first kappa shape index (κ1) is 11.3. The van der Waals surface area contributed by atoms with Gasteiger partial charge in [0.15, 0.2) is 5.94 Å². The Morgan fingerprint density at radius 2 is 2.19 bits per heavy atom.